The Morgan fingerprint density at radius 2 is 1.82 bits per heavy atom. The Bertz CT molecular complexity index is 664. The second-order valence-electron chi connectivity index (χ2n) is 4.65. The van der Waals surface area contributed by atoms with Gasteiger partial charge in [-0.1, -0.05) is 18.2 Å². The molecule has 3 rings (SSSR count). The normalized spacial score (nSPS) is 20.3. The molecule has 2 atom stereocenters. The van der Waals surface area contributed by atoms with Crippen LogP contribution in [0.1, 0.15) is 10.4 Å². The number of carbonyl (C=O) groups is 2. The van der Waals surface area contributed by atoms with Gasteiger partial charge < -0.3 is 10.6 Å². The van der Waals surface area contributed by atoms with Crippen molar-refractivity contribution in [1.29, 1.82) is 0 Å². The molecule has 2 amide bonds. The highest BCUT2D eigenvalue weighted by atomic mass is 16.2. The van der Waals surface area contributed by atoms with Gasteiger partial charge in [0.15, 0.2) is 0 Å². The number of hydrogen-bond donors (Lipinski definition) is 4. The number of carbonyl (C=O) groups excluding carboxylic acids is 2. The molecule has 8 nitrogen and oxygen atoms in total. The average molecular weight is 298 g/mol. The van der Waals surface area contributed by atoms with Gasteiger partial charge >= 0.3 is 0 Å². The molecule has 112 valence electrons. The summed E-state index contributed by atoms with van der Waals surface area (Å²) in [6, 6.07) is 9.60. The van der Waals surface area contributed by atoms with E-state index in [2.05, 4.69) is 31.5 Å². The van der Waals surface area contributed by atoms with Crippen LogP contribution in [0.5, 0.6) is 0 Å². The lowest BCUT2D eigenvalue weighted by molar-refractivity contribution is -0.121. The van der Waals surface area contributed by atoms with Gasteiger partial charge in [0.25, 0.3) is 11.8 Å². The largest absolute Gasteiger partial charge is 0.337 e. The summed E-state index contributed by atoms with van der Waals surface area (Å²) in [5.41, 5.74) is 5.71. The van der Waals surface area contributed by atoms with Crippen LogP contribution >= 0.6 is 0 Å². The van der Waals surface area contributed by atoms with Crippen molar-refractivity contribution in [2.75, 3.05) is 5.32 Å². The first-order valence-corrected chi connectivity index (χ1v) is 6.69. The number of amides is 2. The van der Waals surface area contributed by atoms with Crippen LogP contribution in [0.15, 0.2) is 48.8 Å². The van der Waals surface area contributed by atoms with Gasteiger partial charge in [0.05, 0.1) is 0 Å². The molecule has 1 fully saturated rings. The van der Waals surface area contributed by atoms with E-state index in [4.69, 9.17) is 0 Å². The lowest BCUT2D eigenvalue weighted by Crippen LogP contribution is -2.50. The minimum absolute atomic E-state index is 0.328. The second-order valence-corrected chi connectivity index (χ2v) is 4.65. The van der Waals surface area contributed by atoms with Crippen molar-refractivity contribution in [3.63, 3.8) is 0 Å². The lowest BCUT2D eigenvalue weighted by Gasteiger charge is -2.19. The predicted molar refractivity (Wildman–Crippen MR) is 78.4 cm³/mol. The molecule has 22 heavy (non-hydrogen) atoms. The zero-order chi connectivity index (χ0) is 15.4. The molecule has 2 heterocycles. The smallest absolute Gasteiger partial charge is 0.260 e. The van der Waals surface area contributed by atoms with Gasteiger partial charge in [0, 0.05) is 18.0 Å². The van der Waals surface area contributed by atoms with E-state index in [0.717, 1.165) is 0 Å². The fraction of sp³-hybridized carbons (Fsp3) is 0.143. The number of benzene rings is 1. The third-order valence-electron chi connectivity index (χ3n) is 3.14. The minimum Gasteiger partial charge on any atom is -0.337 e. The maximum atomic E-state index is 12.2. The zero-order valence-electron chi connectivity index (χ0n) is 11.5. The van der Waals surface area contributed by atoms with E-state index in [1.165, 1.54) is 0 Å². The zero-order valence-corrected chi connectivity index (χ0v) is 11.5. The third kappa shape index (κ3) is 3.01. The van der Waals surface area contributed by atoms with Crippen molar-refractivity contribution in [3.8, 4) is 0 Å². The highest BCUT2D eigenvalue weighted by Crippen LogP contribution is 2.06. The van der Waals surface area contributed by atoms with Crippen LogP contribution in [0, 0.1) is 0 Å². The molecule has 1 aromatic carbocycles. The monoisotopic (exact) mass is 298 g/mol. The molecule has 0 spiro atoms. The number of aromatic nitrogens is 2. The molecule has 2 aromatic rings. The Morgan fingerprint density at radius 1 is 1.09 bits per heavy atom. The van der Waals surface area contributed by atoms with Gasteiger partial charge in [0.1, 0.15) is 12.2 Å². The Kier molecular flexibility index (Phi) is 3.92. The maximum absolute atomic E-state index is 12.2. The Hall–Kier alpha value is -3.00. The lowest BCUT2D eigenvalue weighted by atomic mass is 10.1. The number of nitrogens with one attached hydrogen (secondary N) is 4. The maximum Gasteiger partial charge on any atom is 0.260 e. The van der Waals surface area contributed by atoms with E-state index in [1.807, 2.05) is 6.07 Å². The Labute approximate surface area is 126 Å². The van der Waals surface area contributed by atoms with E-state index >= 15 is 0 Å². The number of hydrazine groups is 1. The summed E-state index contributed by atoms with van der Waals surface area (Å²) in [5, 5.41) is 5.63. The summed E-state index contributed by atoms with van der Waals surface area (Å²) < 4.78 is 0. The molecule has 1 aliphatic rings. The quantitative estimate of drug-likeness (QED) is 0.614. The third-order valence-corrected chi connectivity index (χ3v) is 3.14. The van der Waals surface area contributed by atoms with Crippen molar-refractivity contribution in [3.05, 3.63) is 54.4 Å². The molecule has 0 radical (unpaired) electrons. The summed E-state index contributed by atoms with van der Waals surface area (Å²) in [4.78, 5) is 32.1. The average Bonchev–Trinajstić information content (AvgIpc) is 2.90. The summed E-state index contributed by atoms with van der Waals surface area (Å²) in [5.74, 6) is -0.307. The molecular formula is C14H14N6O2. The fourth-order valence-corrected chi connectivity index (χ4v) is 2.06. The van der Waals surface area contributed by atoms with Crippen LogP contribution in [-0.4, -0.2) is 34.0 Å². The van der Waals surface area contributed by atoms with Gasteiger partial charge in [-0.2, -0.15) is 0 Å². The van der Waals surface area contributed by atoms with Crippen LogP contribution in [0.25, 0.3) is 0 Å². The van der Waals surface area contributed by atoms with Gasteiger partial charge in [-0.05, 0) is 18.2 Å². The summed E-state index contributed by atoms with van der Waals surface area (Å²) in [7, 11) is 0. The molecule has 1 saturated heterocycles. The van der Waals surface area contributed by atoms with E-state index < -0.39 is 12.2 Å². The van der Waals surface area contributed by atoms with Crippen LogP contribution in [-0.2, 0) is 4.79 Å². The summed E-state index contributed by atoms with van der Waals surface area (Å²) in [6.07, 6.45) is 2.61. The van der Waals surface area contributed by atoms with Crippen molar-refractivity contribution < 1.29 is 9.59 Å². The Balaban J connectivity index is 1.70. The summed E-state index contributed by atoms with van der Waals surface area (Å²) in [6.45, 7) is 0. The first-order chi connectivity index (χ1) is 10.7. The molecule has 0 bridgehead atoms. The van der Waals surface area contributed by atoms with E-state index in [0.29, 0.717) is 11.5 Å². The first-order valence-electron chi connectivity index (χ1n) is 6.69. The van der Waals surface area contributed by atoms with Crippen molar-refractivity contribution in [1.82, 2.24) is 26.1 Å². The van der Waals surface area contributed by atoms with Crippen LogP contribution in [0.2, 0.25) is 0 Å². The van der Waals surface area contributed by atoms with E-state index in [1.54, 1.807) is 42.7 Å². The SMILES string of the molecule is O=C(N[C@H]1C(=O)NN[C@H]1Nc1ncccn1)c1ccccc1. The van der Waals surface area contributed by atoms with Gasteiger partial charge in [-0.25, -0.2) is 15.4 Å². The topological polar surface area (TPSA) is 108 Å². The molecule has 0 saturated carbocycles. The first kappa shape index (κ1) is 14.0. The highest BCUT2D eigenvalue weighted by Gasteiger charge is 2.36. The van der Waals surface area contributed by atoms with Gasteiger partial charge in [-0.15, -0.1) is 0 Å². The van der Waals surface area contributed by atoms with Crippen LogP contribution in [0.4, 0.5) is 5.95 Å². The molecule has 0 aliphatic carbocycles. The fourth-order valence-electron chi connectivity index (χ4n) is 2.06. The molecule has 1 aliphatic heterocycles. The number of anilines is 1. The molecular weight excluding hydrogens is 284 g/mol. The predicted octanol–water partition coefficient (Wildman–Crippen LogP) is -0.352. The number of rotatable bonds is 4. The van der Waals surface area contributed by atoms with Crippen LogP contribution in [0.3, 0.4) is 0 Å². The second kappa shape index (κ2) is 6.19. The van der Waals surface area contributed by atoms with Gasteiger partial charge in [0.2, 0.25) is 5.95 Å². The highest BCUT2D eigenvalue weighted by molar-refractivity contribution is 5.98. The van der Waals surface area contributed by atoms with Crippen LogP contribution < -0.4 is 21.5 Å². The number of hydrogen-bond acceptors (Lipinski definition) is 6. The van der Waals surface area contributed by atoms with Crippen molar-refractivity contribution in [2.45, 2.75) is 12.2 Å². The van der Waals surface area contributed by atoms with Crippen molar-refractivity contribution in [2.24, 2.45) is 0 Å². The molecule has 1 aromatic heterocycles. The van der Waals surface area contributed by atoms with E-state index in [-0.39, 0.29) is 11.8 Å². The Morgan fingerprint density at radius 3 is 2.55 bits per heavy atom. The molecule has 8 heteroatoms. The minimum atomic E-state index is -0.781. The standard InChI is InChI=1S/C14H14N6O2/c21-12(9-5-2-1-3-6-9)17-10-11(19-20-13(10)22)18-14-15-7-4-8-16-14/h1-8,10-11,19H,(H,17,21)(H,20,22)(H,15,16,18)/t10-,11-/m1/s1. The van der Waals surface area contributed by atoms with Crippen molar-refractivity contribution >= 4 is 17.8 Å². The summed E-state index contributed by atoms with van der Waals surface area (Å²) >= 11 is 0. The van der Waals surface area contributed by atoms with E-state index in [9.17, 15) is 9.59 Å². The molecule has 0 unspecified atom stereocenters. The van der Waals surface area contributed by atoms with Gasteiger partial charge in [-0.3, -0.25) is 15.0 Å². The molecule has 4 N–H and O–H groups in total. The number of nitrogens with zero attached hydrogens (tertiary/aromatic N) is 2.